The van der Waals surface area contributed by atoms with Crippen LogP contribution in [0.1, 0.15) is 18.2 Å². The van der Waals surface area contributed by atoms with Gasteiger partial charge in [-0.05, 0) is 19.9 Å². The molecule has 0 unspecified atom stereocenters. The maximum atomic E-state index is 7.37. The highest BCUT2D eigenvalue weighted by Crippen LogP contribution is 2.10. The summed E-state index contributed by atoms with van der Waals surface area (Å²) in [6, 6.07) is 1.94. The molecule has 0 aromatic carbocycles. The summed E-state index contributed by atoms with van der Waals surface area (Å²) in [5.74, 6) is 1.50. The molecule has 1 aromatic rings. The molecule has 66 valence electrons. The second-order valence-electron chi connectivity index (χ2n) is 2.94. The Bertz CT molecular complexity index is 278. The van der Waals surface area contributed by atoms with Crippen LogP contribution in [-0.4, -0.2) is 17.8 Å². The SMILES string of the molecule is CC(=N)N(C)Cc1ccoc1C. The van der Waals surface area contributed by atoms with Crippen LogP contribution in [0.4, 0.5) is 0 Å². The molecule has 0 amide bonds. The molecule has 3 heteroatoms. The number of aryl methyl sites for hydroxylation is 1. The van der Waals surface area contributed by atoms with E-state index in [1.54, 1.807) is 13.2 Å². The third-order valence-corrected chi connectivity index (χ3v) is 1.95. The van der Waals surface area contributed by atoms with Crippen molar-refractivity contribution < 1.29 is 4.42 Å². The lowest BCUT2D eigenvalue weighted by Crippen LogP contribution is -2.22. The maximum Gasteiger partial charge on any atom is 0.105 e. The van der Waals surface area contributed by atoms with Gasteiger partial charge in [0.25, 0.3) is 0 Å². The van der Waals surface area contributed by atoms with Crippen LogP contribution in [0.5, 0.6) is 0 Å². The summed E-state index contributed by atoms with van der Waals surface area (Å²) in [7, 11) is 1.90. The lowest BCUT2D eigenvalue weighted by atomic mass is 10.2. The highest BCUT2D eigenvalue weighted by Gasteiger charge is 2.04. The minimum absolute atomic E-state index is 0.565. The number of hydrogen-bond acceptors (Lipinski definition) is 2. The summed E-state index contributed by atoms with van der Waals surface area (Å²) >= 11 is 0. The Morgan fingerprint density at radius 1 is 1.67 bits per heavy atom. The van der Waals surface area contributed by atoms with E-state index in [2.05, 4.69) is 0 Å². The number of hydrogen-bond donors (Lipinski definition) is 1. The molecule has 1 rings (SSSR count). The minimum Gasteiger partial charge on any atom is -0.469 e. The Balaban J connectivity index is 2.64. The molecule has 0 aliphatic heterocycles. The van der Waals surface area contributed by atoms with Gasteiger partial charge in [0.2, 0.25) is 0 Å². The van der Waals surface area contributed by atoms with Gasteiger partial charge in [-0.3, -0.25) is 5.41 Å². The van der Waals surface area contributed by atoms with E-state index in [-0.39, 0.29) is 0 Å². The predicted molar refractivity (Wildman–Crippen MR) is 48.3 cm³/mol. The van der Waals surface area contributed by atoms with Gasteiger partial charge in [-0.1, -0.05) is 0 Å². The van der Waals surface area contributed by atoms with Gasteiger partial charge in [0, 0.05) is 19.2 Å². The highest BCUT2D eigenvalue weighted by atomic mass is 16.3. The molecule has 0 aliphatic carbocycles. The molecule has 0 radical (unpaired) electrons. The lowest BCUT2D eigenvalue weighted by Gasteiger charge is -2.16. The second-order valence-corrected chi connectivity index (χ2v) is 2.94. The number of amidine groups is 1. The Morgan fingerprint density at radius 2 is 2.33 bits per heavy atom. The third-order valence-electron chi connectivity index (χ3n) is 1.95. The Hall–Kier alpha value is -1.25. The molecule has 1 N–H and O–H groups in total. The number of furan rings is 1. The van der Waals surface area contributed by atoms with Gasteiger partial charge in [-0.15, -0.1) is 0 Å². The summed E-state index contributed by atoms with van der Waals surface area (Å²) in [6.45, 7) is 4.45. The van der Waals surface area contributed by atoms with Crippen LogP contribution >= 0.6 is 0 Å². The average molecular weight is 166 g/mol. The van der Waals surface area contributed by atoms with Crippen LogP contribution in [0.25, 0.3) is 0 Å². The van der Waals surface area contributed by atoms with Crippen LogP contribution in [0.15, 0.2) is 16.7 Å². The molecule has 0 aliphatic rings. The molecule has 0 atom stereocenters. The monoisotopic (exact) mass is 166 g/mol. The Kier molecular flexibility index (Phi) is 2.53. The fourth-order valence-corrected chi connectivity index (χ4v) is 0.949. The quantitative estimate of drug-likeness (QED) is 0.539. The molecule has 3 nitrogen and oxygen atoms in total. The zero-order valence-electron chi connectivity index (χ0n) is 7.72. The normalized spacial score (nSPS) is 9.92. The van der Waals surface area contributed by atoms with E-state index in [4.69, 9.17) is 9.83 Å². The van der Waals surface area contributed by atoms with Gasteiger partial charge in [0.05, 0.1) is 12.1 Å². The molecule has 0 saturated heterocycles. The predicted octanol–water partition coefficient (Wildman–Crippen LogP) is 2.02. The molecule has 0 spiro atoms. The Labute approximate surface area is 72.5 Å². The van der Waals surface area contributed by atoms with Crippen molar-refractivity contribution in [3.8, 4) is 0 Å². The van der Waals surface area contributed by atoms with Gasteiger partial charge in [-0.25, -0.2) is 0 Å². The average Bonchev–Trinajstić information content (AvgIpc) is 2.36. The van der Waals surface area contributed by atoms with E-state index < -0.39 is 0 Å². The van der Waals surface area contributed by atoms with Crippen molar-refractivity contribution in [2.75, 3.05) is 7.05 Å². The second kappa shape index (κ2) is 3.43. The van der Waals surface area contributed by atoms with Crippen LogP contribution in [0, 0.1) is 12.3 Å². The van der Waals surface area contributed by atoms with Gasteiger partial charge >= 0.3 is 0 Å². The topological polar surface area (TPSA) is 40.2 Å². The summed E-state index contributed by atoms with van der Waals surface area (Å²) < 4.78 is 5.15. The first kappa shape index (κ1) is 8.84. The van der Waals surface area contributed by atoms with Crippen molar-refractivity contribution in [1.29, 1.82) is 5.41 Å². The van der Waals surface area contributed by atoms with Gasteiger partial charge < -0.3 is 9.32 Å². The molecule has 0 bridgehead atoms. The fraction of sp³-hybridized carbons (Fsp3) is 0.444. The van der Waals surface area contributed by atoms with Crippen LogP contribution in [-0.2, 0) is 6.54 Å². The number of nitrogens with one attached hydrogen (secondary N) is 1. The molecule has 1 aromatic heterocycles. The van der Waals surface area contributed by atoms with Crippen molar-refractivity contribution in [3.63, 3.8) is 0 Å². The summed E-state index contributed by atoms with van der Waals surface area (Å²) in [6.07, 6.45) is 1.68. The fourth-order valence-electron chi connectivity index (χ4n) is 0.949. The first-order valence-electron chi connectivity index (χ1n) is 3.90. The Morgan fingerprint density at radius 3 is 2.75 bits per heavy atom. The smallest absolute Gasteiger partial charge is 0.105 e. The van der Waals surface area contributed by atoms with Crippen molar-refractivity contribution >= 4 is 5.84 Å². The van der Waals surface area contributed by atoms with E-state index >= 15 is 0 Å². The van der Waals surface area contributed by atoms with Gasteiger partial charge in [0.15, 0.2) is 0 Å². The molecule has 0 fully saturated rings. The lowest BCUT2D eigenvalue weighted by molar-refractivity contribution is 0.476. The van der Waals surface area contributed by atoms with Gasteiger partial charge in [0.1, 0.15) is 5.76 Å². The zero-order valence-corrected chi connectivity index (χ0v) is 7.72. The molecule has 1 heterocycles. The summed E-state index contributed by atoms with van der Waals surface area (Å²) in [5.41, 5.74) is 1.14. The summed E-state index contributed by atoms with van der Waals surface area (Å²) in [5, 5.41) is 7.37. The van der Waals surface area contributed by atoms with Crippen LogP contribution in [0.3, 0.4) is 0 Å². The van der Waals surface area contributed by atoms with Crippen LogP contribution < -0.4 is 0 Å². The van der Waals surface area contributed by atoms with Crippen molar-refractivity contribution in [2.45, 2.75) is 20.4 Å². The first-order valence-corrected chi connectivity index (χ1v) is 3.90. The van der Waals surface area contributed by atoms with Gasteiger partial charge in [-0.2, -0.15) is 0 Å². The first-order chi connectivity index (χ1) is 5.61. The van der Waals surface area contributed by atoms with Crippen molar-refractivity contribution in [2.24, 2.45) is 0 Å². The number of nitrogens with zero attached hydrogens (tertiary/aromatic N) is 1. The highest BCUT2D eigenvalue weighted by molar-refractivity contribution is 5.75. The molecule has 0 saturated carbocycles. The largest absolute Gasteiger partial charge is 0.469 e. The van der Waals surface area contributed by atoms with Crippen molar-refractivity contribution in [3.05, 3.63) is 23.7 Å². The summed E-state index contributed by atoms with van der Waals surface area (Å²) in [4.78, 5) is 1.87. The zero-order chi connectivity index (χ0) is 9.14. The molecular formula is C9H14N2O. The van der Waals surface area contributed by atoms with E-state index in [0.717, 1.165) is 17.9 Å². The van der Waals surface area contributed by atoms with E-state index in [9.17, 15) is 0 Å². The third kappa shape index (κ3) is 1.87. The standard InChI is InChI=1S/C9H14N2O/c1-7-9(4-5-12-7)6-11(3)8(2)10/h4-5,10H,6H2,1-3H3. The maximum absolute atomic E-state index is 7.37. The molecule has 12 heavy (non-hydrogen) atoms. The van der Waals surface area contributed by atoms with Crippen LogP contribution in [0.2, 0.25) is 0 Å². The van der Waals surface area contributed by atoms with E-state index in [0.29, 0.717) is 5.84 Å². The number of rotatable bonds is 2. The van der Waals surface area contributed by atoms with E-state index in [1.165, 1.54) is 0 Å². The molecular weight excluding hydrogens is 152 g/mol. The van der Waals surface area contributed by atoms with Crippen molar-refractivity contribution in [1.82, 2.24) is 4.90 Å². The van der Waals surface area contributed by atoms with E-state index in [1.807, 2.05) is 24.9 Å². The minimum atomic E-state index is 0.565.